The van der Waals surface area contributed by atoms with Crippen LogP contribution in [-0.4, -0.2) is 80.8 Å². The number of hydrogen-bond donors (Lipinski definition) is 0. The van der Waals surface area contributed by atoms with Gasteiger partial charge in [-0.2, -0.15) is 13.2 Å². The molecule has 3 heterocycles. The Morgan fingerprint density at radius 2 is 1.65 bits per heavy atom. The van der Waals surface area contributed by atoms with Crippen molar-refractivity contribution >= 4 is 15.9 Å². The zero-order valence-corrected chi connectivity index (χ0v) is 15.2. The zero-order chi connectivity index (χ0) is 18.8. The van der Waals surface area contributed by atoms with Gasteiger partial charge in [0, 0.05) is 31.6 Å². The summed E-state index contributed by atoms with van der Waals surface area (Å²) in [6.07, 6.45) is -3.09. The molecule has 0 atom stereocenters. The molecule has 1 saturated carbocycles. The third-order valence-electron chi connectivity index (χ3n) is 6.14. The maximum atomic E-state index is 12.9. The topological polar surface area (TPSA) is 66.9 Å². The Labute approximate surface area is 150 Å². The summed E-state index contributed by atoms with van der Waals surface area (Å²) in [5.74, 6) is 0.335. The van der Waals surface area contributed by atoms with Gasteiger partial charge in [-0.1, -0.05) is 0 Å². The third-order valence-corrected chi connectivity index (χ3v) is 8.24. The van der Waals surface area contributed by atoms with E-state index in [1.807, 2.05) is 0 Å². The van der Waals surface area contributed by atoms with Gasteiger partial charge in [0.15, 0.2) is 9.84 Å². The number of halogens is 3. The molecule has 3 saturated heterocycles. The second-order valence-electron chi connectivity index (χ2n) is 8.45. The van der Waals surface area contributed by atoms with Gasteiger partial charge in [-0.15, -0.1) is 0 Å². The van der Waals surface area contributed by atoms with Crippen molar-refractivity contribution < 1.29 is 31.1 Å². The fourth-order valence-electron chi connectivity index (χ4n) is 4.32. The number of amides is 2. The average molecular weight is 396 g/mol. The summed E-state index contributed by atoms with van der Waals surface area (Å²) in [6.45, 7) is 1.61. The Kier molecular flexibility index (Phi) is 4.04. The van der Waals surface area contributed by atoms with E-state index in [2.05, 4.69) is 0 Å². The molecule has 0 radical (unpaired) electrons. The molecule has 4 rings (SSSR count). The van der Waals surface area contributed by atoms with E-state index < -0.39 is 21.4 Å². The smallest absolute Gasteiger partial charge is 0.377 e. The van der Waals surface area contributed by atoms with Crippen molar-refractivity contribution in [3.8, 4) is 0 Å². The number of ether oxygens (including phenoxy) is 1. The Balaban J connectivity index is 1.19. The molecule has 0 unspecified atom stereocenters. The number of nitrogens with zero attached hydrogens (tertiary/aromatic N) is 2. The average Bonchev–Trinajstić information content (AvgIpc) is 3.28. The van der Waals surface area contributed by atoms with E-state index in [9.17, 15) is 26.4 Å². The van der Waals surface area contributed by atoms with Crippen molar-refractivity contribution in [2.75, 3.05) is 44.3 Å². The van der Waals surface area contributed by atoms with Crippen molar-refractivity contribution in [3.63, 3.8) is 0 Å². The van der Waals surface area contributed by atoms with Gasteiger partial charge in [0.05, 0.1) is 29.6 Å². The highest BCUT2D eigenvalue weighted by atomic mass is 32.2. The second kappa shape index (κ2) is 5.73. The van der Waals surface area contributed by atoms with Crippen molar-refractivity contribution in [1.29, 1.82) is 0 Å². The number of rotatable bonds is 3. The number of carbonyl (C=O) groups is 1. The zero-order valence-electron chi connectivity index (χ0n) is 14.4. The van der Waals surface area contributed by atoms with Gasteiger partial charge in [0.2, 0.25) is 0 Å². The highest BCUT2D eigenvalue weighted by Crippen LogP contribution is 2.57. The molecular formula is C16H23F3N2O4S. The summed E-state index contributed by atoms with van der Waals surface area (Å²) >= 11 is 0. The molecule has 4 aliphatic rings. The molecule has 0 aromatic carbocycles. The second-order valence-corrected chi connectivity index (χ2v) is 10.5. The molecule has 0 bridgehead atoms. The minimum absolute atomic E-state index is 0.104. The first-order valence-corrected chi connectivity index (χ1v) is 10.8. The van der Waals surface area contributed by atoms with E-state index in [1.54, 1.807) is 9.80 Å². The predicted molar refractivity (Wildman–Crippen MR) is 86.3 cm³/mol. The van der Waals surface area contributed by atoms with Crippen LogP contribution in [0.3, 0.4) is 0 Å². The first-order valence-electron chi connectivity index (χ1n) is 8.96. The fourth-order valence-corrected chi connectivity index (χ4v) is 6.47. The van der Waals surface area contributed by atoms with Crippen LogP contribution in [-0.2, 0) is 14.6 Å². The van der Waals surface area contributed by atoms with E-state index in [1.165, 1.54) is 0 Å². The van der Waals surface area contributed by atoms with E-state index in [4.69, 9.17) is 4.74 Å². The number of piperidine rings is 1. The van der Waals surface area contributed by atoms with Gasteiger partial charge in [0.25, 0.3) is 0 Å². The first kappa shape index (κ1) is 18.3. The quantitative estimate of drug-likeness (QED) is 0.728. The molecule has 0 N–H and O–H groups in total. The van der Waals surface area contributed by atoms with Crippen molar-refractivity contribution in [2.24, 2.45) is 10.8 Å². The number of alkyl halides is 3. The molecule has 1 spiro atoms. The Bertz CT molecular complexity index is 677. The Hall–Kier alpha value is -1.03. The lowest BCUT2D eigenvalue weighted by molar-refractivity contribution is -0.206. The summed E-state index contributed by atoms with van der Waals surface area (Å²) in [5, 5.41) is 0. The minimum Gasteiger partial charge on any atom is -0.377 e. The van der Waals surface area contributed by atoms with Crippen LogP contribution in [0.2, 0.25) is 0 Å². The van der Waals surface area contributed by atoms with Gasteiger partial charge in [-0.3, -0.25) is 0 Å². The number of sulfone groups is 1. The number of hydrogen-bond acceptors (Lipinski definition) is 4. The van der Waals surface area contributed by atoms with Gasteiger partial charge >= 0.3 is 12.2 Å². The predicted octanol–water partition coefficient (Wildman–Crippen LogP) is 1.66. The van der Waals surface area contributed by atoms with Gasteiger partial charge in [-0.05, 0) is 25.7 Å². The van der Waals surface area contributed by atoms with Gasteiger partial charge in [0.1, 0.15) is 0 Å². The third kappa shape index (κ3) is 3.19. The van der Waals surface area contributed by atoms with Crippen molar-refractivity contribution in [3.05, 3.63) is 0 Å². The van der Waals surface area contributed by atoms with E-state index in [-0.39, 0.29) is 48.5 Å². The van der Waals surface area contributed by atoms with Crippen LogP contribution in [0.1, 0.15) is 25.7 Å². The lowest BCUT2D eigenvalue weighted by atomic mass is 9.83. The van der Waals surface area contributed by atoms with E-state index >= 15 is 0 Å². The van der Waals surface area contributed by atoms with Crippen molar-refractivity contribution in [1.82, 2.24) is 9.80 Å². The highest BCUT2D eigenvalue weighted by Gasteiger charge is 2.63. The first-order chi connectivity index (χ1) is 12.0. The summed E-state index contributed by atoms with van der Waals surface area (Å²) in [4.78, 5) is 15.8. The Morgan fingerprint density at radius 1 is 1.08 bits per heavy atom. The molecule has 6 nitrogen and oxygen atoms in total. The lowest BCUT2D eigenvalue weighted by Gasteiger charge is -2.55. The van der Waals surface area contributed by atoms with Crippen molar-refractivity contribution in [2.45, 2.75) is 38.0 Å². The number of urea groups is 1. The van der Waals surface area contributed by atoms with Crippen LogP contribution in [0.4, 0.5) is 18.0 Å². The molecule has 148 valence electrons. The number of carbonyl (C=O) groups excluding carboxylic acids is 1. The largest absolute Gasteiger partial charge is 0.396 e. The molecule has 10 heteroatoms. The van der Waals surface area contributed by atoms with Crippen LogP contribution in [0.25, 0.3) is 0 Å². The molecule has 0 aromatic rings. The monoisotopic (exact) mass is 396 g/mol. The molecule has 2 amide bonds. The normalized spacial score (nSPS) is 29.2. The van der Waals surface area contributed by atoms with E-state index in [0.717, 1.165) is 0 Å². The molecule has 4 fully saturated rings. The van der Waals surface area contributed by atoms with Crippen LogP contribution >= 0.6 is 0 Å². The minimum atomic E-state index is -4.20. The summed E-state index contributed by atoms with van der Waals surface area (Å²) in [6, 6.07) is -0.104. The van der Waals surface area contributed by atoms with Crippen LogP contribution < -0.4 is 0 Å². The molecule has 0 aromatic heterocycles. The summed E-state index contributed by atoms with van der Waals surface area (Å²) in [5.41, 5.74) is -1.87. The summed E-state index contributed by atoms with van der Waals surface area (Å²) in [7, 11) is -2.90. The molecular weight excluding hydrogens is 373 g/mol. The maximum Gasteiger partial charge on any atom is 0.396 e. The summed E-state index contributed by atoms with van der Waals surface area (Å²) < 4.78 is 66.9. The van der Waals surface area contributed by atoms with Crippen LogP contribution in [0.5, 0.6) is 0 Å². The van der Waals surface area contributed by atoms with Gasteiger partial charge < -0.3 is 14.5 Å². The fraction of sp³-hybridized carbons (Fsp3) is 0.938. The Morgan fingerprint density at radius 3 is 2.12 bits per heavy atom. The molecule has 1 aliphatic carbocycles. The number of likely N-dealkylation sites (tertiary alicyclic amines) is 2. The van der Waals surface area contributed by atoms with Crippen LogP contribution in [0, 0.1) is 10.8 Å². The SMILES string of the molecule is O=C(N1CCC(OCC2(C(F)(F)F)CC2)CC1)N1CC2(C1)CS(=O)(=O)C2. The highest BCUT2D eigenvalue weighted by molar-refractivity contribution is 7.92. The lowest BCUT2D eigenvalue weighted by Crippen LogP contribution is -2.70. The molecule has 26 heavy (non-hydrogen) atoms. The maximum absolute atomic E-state index is 12.9. The van der Waals surface area contributed by atoms with Crippen LogP contribution in [0.15, 0.2) is 0 Å². The molecule has 3 aliphatic heterocycles. The van der Waals surface area contributed by atoms with E-state index in [0.29, 0.717) is 39.0 Å². The van der Waals surface area contributed by atoms with Gasteiger partial charge in [-0.25, -0.2) is 13.2 Å². The standard InChI is InChI=1S/C16H23F3N2O4S/c17-16(18,19)15(3-4-15)9-25-12-1-5-20(6-2-12)13(22)21-7-14(8-21)10-26(23,24)11-14/h12H,1-11H2.